The lowest BCUT2D eigenvalue weighted by molar-refractivity contribution is -0.118. The maximum absolute atomic E-state index is 12.7. The van der Waals surface area contributed by atoms with Crippen LogP contribution in [0.15, 0.2) is 29.1 Å². The van der Waals surface area contributed by atoms with Crippen molar-refractivity contribution < 1.29 is 4.79 Å². The summed E-state index contributed by atoms with van der Waals surface area (Å²) in [6, 6.07) is 8.15. The maximum atomic E-state index is 12.7. The van der Waals surface area contributed by atoms with E-state index in [1.807, 2.05) is 31.2 Å². The second kappa shape index (κ2) is 9.16. The first kappa shape index (κ1) is 21.0. The summed E-state index contributed by atoms with van der Waals surface area (Å²) in [4.78, 5) is 32.6. The second-order valence-electron chi connectivity index (χ2n) is 7.89. The number of benzene rings is 1. The molecule has 0 aliphatic heterocycles. The van der Waals surface area contributed by atoms with Crippen LogP contribution in [-0.4, -0.2) is 25.4 Å². The van der Waals surface area contributed by atoms with Gasteiger partial charge in [-0.05, 0) is 32.8 Å². The largest absolute Gasteiger partial charge is 0.307 e. The van der Waals surface area contributed by atoms with Crippen LogP contribution in [0.1, 0.15) is 80.3 Å². The molecule has 154 valence electrons. The summed E-state index contributed by atoms with van der Waals surface area (Å²) >= 11 is 0. The Labute approximate surface area is 171 Å². The average Bonchev–Trinajstić information content (AvgIpc) is 3.00. The number of nitrogens with zero attached hydrogens (tertiary/aromatic N) is 3. The SMILES string of the molecule is CCCCCCC(C(C)=O)c1nc(C)c2c(=O)[nH]c(Cc3ccc(C)cc3)nn12. The second-order valence-corrected chi connectivity index (χ2v) is 7.89. The zero-order valence-corrected chi connectivity index (χ0v) is 17.8. The summed E-state index contributed by atoms with van der Waals surface area (Å²) in [7, 11) is 0. The highest BCUT2D eigenvalue weighted by Gasteiger charge is 2.25. The van der Waals surface area contributed by atoms with Gasteiger partial charge in [0.2, 0.25) is 0 Å². The van der Waals surface area contributed by atoms with Crippen molar-refractivity contribution in [1.29, 1.82) is 0 Å². The van der Waals surface area contributed by atoms with Crippen LogP contribution < -0.4 is 5.56 Å². The van der Waals surface area contributed by atoms with E-state index in [2.05, 4.69) is 22.0 Å². The third-order valence-corrected chi connectivity index (χ3v) is 5.39. The van der Waals surface area contributed by atoms with Crippen molar-refractivity contribution in [3.63, 3.8) is 0 Å². The molecular formula is C23H30N4O2. The number of unbranched alkanes of at least 4 members (excludes halogenated alkanes) is 3. The Kier molecular flexibility index (Phi) is 6.62. The number of aryl methyl sites for hydroxylation is 2. The van der Waals surface area contributed by atoms with Crippen molar-refractivity contribution in [3.8, 4) is 0 Å². The van der Waals surface area contributed by atoms with Gasteiger partial charge < -0.3 is 4.98 Å². The highest BCUT2D eigenvalue weighted by atomic mass is 16.1. The first-order chi connectivity index (χ1) is 13.9. The molecule has 6 nitrogen and oxygen atoms in total. The van der Waals surface area contributed by atoms with Gasteiger partial charge in [-0.2, -0.15) is 5.10 Å². The van der Waals surface area contributed by atoms with Gasteiger partial charge in [0.15, 0.2) is 5.52 Å². The topological polar surface area (TPSA) is 80.1 Å². The van der Waals surface area contributed by atoms with Crippen molar-refractivity contribution in [2.45, 2.75) is 72.1 Å². The monoisotopic (exact) mass is 394 g/mol. The molecule has 1 unspecified atom stereocenters. The summed E-state index contributed by atoms with van der Waals surface area (Å²) in [5.41, 5.74) is 3.07. The smallest absolute Gasteiger partial charge is 0.277 e. The van der Waals surface area contributed by atoms with E-state index in [0.717, 1.165) is 37.7 Å². The first-order valence-electron chi connectivity index (χ1n) is 10.4. The van der Waals surface area contributed by atoms with Gasteiger partial charge in [0.25, 0.3) is 5.56 Å². The van der Waals surface area contributed by atoms with E-state index in [1.165, 1.54) is 5.56 Å². The van der Waals surface area contributed by atoms with E-state index in [1.54, 1.807) is 18.4 Å². The number of fused-ring (bicyclic) bond motifs is 1. The van der Waals surface area contributed by atoms with Crippen LogP contribution in [0.2, 0.25) is 0 Å². The fourth-order valence-electron chi connectivity index (χ4n) is 3.73. The number of aromatic nitrogens is 4. The lowest BCUT2D eigenvalue weighted by Crippen LogP contribution is -2.20. The van der Waals surface area contributed by atoms with Gasteiger partial charge in [0.1, 0.15) is 17.4 Å². The number of aromatic amines is 1. The molecule has 3 rings (SSSR count). The minimum Gasteiger partial charge on any atom is -0.307 e. The molecule has 6 heteroatoms. The number of nitrogens with one attached hydrogen (secondary N) is 1. The van der Waals surface area contributed by atoms with E-state index in [-0.39, 0.29) is 17.3 Å². The first-order valence-corrected chi connectivity index (χ1v) is 10.4. The van der Waals surface area contributed by atoms with Crippen molar-refractivity contribution in [2.75, 3.05) is 0 Å². The Morgan fingerprint density at radius 2 is 1.86 bits per heavy atom. The highest BCUT2D eigenvalue weighted by molar-refractivity contribution is 5.82. The molecule has 3 aromatic rings. The fourth-order valence-corrected chi connectivity index (χ4v) is 3.73. The summed E-state index contributed by atoms with van der Waals surface area (Å²) in [5.74, 6) is 0.876. The number of rotatable bonds is 9. The fraction of sp³-hybridized carbons (Fsp3) is 0.478. The van der Waals surface area contributed by atoms with E-state index in [4.69, 9.17) is 0 Å². The van der Waals surface area contributed by atoms with Crippen molar-refractivity contribution in [2.24, 2.45) is 0 Å². The van der Waals surface area contributed by atoms with Crippen LogP contribution >= 0.6 is 0 Å². The number of hydrogen-bond acceptors (Lipinski definition) is 4. The van der Waals surface area contributed by atoms with E-state index < -0.39 is 0 Å². The molecule has 29 heavy (non-hydrogen) atoms. The molecule has 0 bridgehead atoms. The minimum absolute atomic E-state index is 0.0653. The molecule has 0 saturated carbocycles. The Morgan fingerprint density at radius 1 is 1.14 bits per heavy atom. The predicted octanol–water partition coefficient (Wildman–Crippen LogP) is 4.27. The van der Waals surface area contributed by atoms with E-state index in [9.17, 15) is 9.59 Å². The molecule has 0 saturated heterocycles. The molecule has 0 fully saturated rings. The van der Waals surface area contributed by atoms with Crippen LogP contribution in [0.5, 0.6) is 0 Å². The molecule has 0 aliphatic carbocycles. The molecule has 2 heterocycles. The van der Waals surface area contributed by atoms with E-state index in [0.29, 0.717) is 29.3 Å². The van der Waals surface area contributed by atoms with Gasteiger partial charge in [0, 0.05) is 6.42 Å². The number of hydrogen-bond donors (Lipinski definition) is 1. The molecule has 0 aliphatic rings. The van der Waals surface area contributed by atoms with Crippen LogP contribution in [0.3, 0.4) is 0 Å². The van der Waals surface area contributed by atoms with Crippen LogP contribution in [0.4, 0.5) is 0 Å². The van der Waals surface area contributed by atoms with Crippen molar-refractivity contribution in [3.05, 3.63) is 63.1 Å². The number of carbonyl (C=O) groups excluding carboxylic acids is 1. The number of H-pyrrole nitrogens is 1. The maximum Gasteiger partial charge on any atom is 0.277 e. The van der Waals surface area contributed by atoms with Crippen molar-refractivity contribution in [1.82, 2.24) is 19.6 Å². The van der Waals surface area contributed by atoms with E-state index >= 15 is 0 Å². The number of Topliss-reactive ketones (excluding diaryl/α,β-unsaturated/α-hetero) is 1. The zero-order valence-electron chi connectivity index (χ0n) is 17.8. The van der Waals surface area contributed by atoms with Crippen LogP contribution in [0, 0.1) is 13.8 Å². The van der Waals surface area contributed by atoms with Gasteiger partial charge in [-0.15, -0.1) is 0 Å². The van der Waals surface area contributed by atoms with Gasteiger partial charge >= 0.3 is 0 Å². The molecule has 1 aromatic carbocycles. The molecule has 2 aromatic heterocycles. The molecule has 0 spiro atoms. The Balaban J connectivity index is 1.98. The zero-order chi connectivity index (χ0) is 21.0. The normalized spacial score (nSPS) is 12.4. The van der Waals surface area contributed by atoms with Crippen LogP contribution in [0.25, 0.3) is 5.52 Å². The van der Waals surface area contributed by atoms with Crippen molar-refractivity contribution >= 4 is 11.3 Å². The lowest BCUT2D eigenvalue weighted by atomic mass is 9.96. The summed E-state index contributed by atoms with van der Waals surface area (Å²) in [5, 5.41) is 4.67. The Hall–Kier alpha value is -2.76. The van der Waals surface area contributed by atoms with Gasteiger partial charge in [-0.3, -0.25) is 9.59 Å². The van der Waals surface area contributed by atoms with Gasteiger partial charge in [-0.25, -0.2) is 9.50 Å². The van der Waals surface area contributed by atoms with Gasteiger partial charge in [-0.1, -0.05) is 62.4 Å². The lowest BCUT2D eigenvalue weighted by Gasteiger charge is -2.12. The third kappa shape index (κ3) is 4.81. The highest BCUT2D eigenvalue weighted by Crippen LogP contribution is 2.24. The number of imidazole rings is 1. The summed E-state index contributed by atoms with van der Waals surface area (Å²) in [6.45, 7) is 7.60. The predicted molar refractivity (Wildman–Crippen MR) is 115 cm³/mol. The molecule has 0 radical (unpaired) electrons. The minimum atomic E-state index is -0.338. The Morgan fingerprint density at radius 3 is 2.52 bits per heavy atom. The standard InChI is InChI=1S/C23H30N4O2/c1-5-6-7-8-9-19(17(4)28)22-24-16(3)21-23(29)25-20(26-27(21)22)14-18-12-10-15(2)11-13-18/h10-13,19H,5-9,14H2,1-4H3,(H,25,26,29). The summed E-state index contributed by atoms with van der Waals surface area (Å²) in [6.07, 6.45) is 5.61. The van der Waals surface area contributed by atoms with Gasteiger partial charge in [0.05, 0.1) is 11.6 Å². The number of carbonyl (C=O) groups is 1. The molecule has 1 atom stereocenters. The molecular weight excluding hydrogens is 364 g/mol. The number of ketones is 1. The molecule has 0 amide bonds. The Bertz CT molecular complexity index is 1050. The third-order valence-electron chi connectivity index (χ3n) is 5.39. The quantitative estimate of drug-likeness (QED) is 0.550. The average molecular weight is 395 g/mol. The van der Waals surface area contributed by atoms with Crippen LogP contribution in [-0.2, 0) is 11.2 Å². The summed E-state index contributed by atoms with van der Waals surface area (Å²) < 4.78 is 1.60. The molecule has 1 N–H and O–H groups in total.